The summed E-state index contributed by atoms with van der Waals surface area (Å²) in [5.41, 5.74) is 4.94. The first-order valence-electron chi connectivity index (χ1n) is 8.99. The predicted octanol–water partition coefficient (Wildman–Crippen LogP) is 5.58. The first-order valence-corrected chi connectivity index (χ1v) is 8.99. The Balaban J connectivity index is 1.74. The Bertz CT molecular complexity index is 602. The lowest BCUT2D eigenvalue weighted by atomic mass is 9.56. The monoisotopic (exact) mass is 296 g/mol. The zero-order valence-corrected chi connectivity index (χ0v) is 14.0. The van der Waals surface area contributed by atoms with E-state index in [1.54, 1.807) is 18.2 Å². The maximum Gasteiger partial charge on any atom is 0.126 e. The van der Waals surface area contributed by atoms with Crippen LogP contribution >= 0.6 is 0 Å². The summed E-state index contributed by atoms with van der Waals surface area (Å²) in [6.45, 7) is 6.51. The molecule has 2 saturated carbocycles. The highest BCUT2D eigenvalue weighted by molar-refractivity contribution is 5.59. The molecular formula is C21H28O. The van der Waals surface area contributed by atoms with Crippen LogP contribution in [0, 0.1) is 17.3 Å². The number of hydrogen-bond acceptors (Lipinski definition) is 1. The van der Waals surface area contributed by atoms with Gasteiger partial charge >= 0.3 is 0 Å². The highest BCUT2D eigenvalue weighted by atomic mass is 16.5. The summed E-state index contributed by atoms with van der Waals surface area (Å²) in [4.78, 5) is 0. The van der Waals surface area contributed by atoms with Crippen LogP contribution in [-0.2, 0) is 6.42 Å². The smallest absolute Gasteiger partial charge is 0.126 e. The van der Waals surface area contributed by atoms with Gasteiger partial charge in [0.1, 0.15) is 5.75 Å². The zero-order valence-electron chi connectivity index (χ0n) is 14.0. The molecule has 3 aliphatic rings. The minimum absolute atomic E-state index is 0.643. The minimum Gasteiger partial charge on any atom is -0.496 e. The third kappa shape index (κ3) is 1.97. The molecule has 0 spiro atoms. The molecule has 1 nitrogen and oxygen atoms in total. The fourth-order valence-corrected chi connectivity index (χ4v) is 5.95. The second-order valence-electron chi connectivity index (χ2n) is 8.00. The van der Waals surface area contributed by atoms with Gasteiger partial charge in [-0.05, 0) is 85.0 Å². The van der Waals surface area contributed by atoms with Crippen molar-refractivity contribution in [1.29, 1.82) is 0 Å². The van der Waals surface area contributed by atoms with E-state index in [0.717, 1.165) is 29.1 Å². The van der Waals surface area contributed by atoms with E-state index in [-0.39, 0.29) is 0 Å². The molecule has 0 amide bonds. The lowest BCUT2D eigenvalue weighted by Gasteiger charge is -2.49. The van der Waals surface area contributed by atoms with E-state index in [0.29, 0.717) is 5.41 Å². The molecule has 4 atom stereocenters. The highest BCUT2D eigenvalue weighted by Crippen LogP contribution is 2.61. The Labute approximate surface area is 134 Å². The van der Waals surface area contributed by atoms with Gasteiger partial charge in [0.25, 0.3) is 0 Å². The van der Waals surface area contributed by atoms with Crippen molar-refractivity contribution in [2.24, 2.45) is 17.3 Å². The van der Waals surface area contributed by atoms with E-state index in [2.05, 4.69) is 25.6 Å². The molecule has 0 aliphatic heterocycles. The van der Waals surface area contributed by atoms with Gasteiger partial charge in [0.05, 0.1) is 7.11 Å². The first-order chi connectivity index (χ1) is 10.7. The van der Waals surface area contributed by atoms with Crippen molar-refractivity contribution >= 4 is 6.08 Å². The molecule has 4 rings (SSSR count). The van der Waals surface area contributed by atoms with Gasteiger partial charge in [-0.1, -0.05) is 26.0 Å². The van der Waals surface area contributed by atoms with Crippen molar-refractivity contribution < 1.29 is 4.74 Å². The van der Waals surface area contributed by atoms with E-state index in [9.17, 15) is 0 Å². The summed E-state index contributed by atoms with van der Waals surface area (Å²) in [7, 11) is 1.78. The molecule has 22 heavy (non-hydrogen) atoms. The van der Waals surface area contributed by atoms with Gasteiger partial charge in [-0.25, -0.2) is 0 Å². The summed E-state index contributed by atoms with van der Waals surface area (Å²) < 4.78 is 5.62. The van der Waals surface area contributed by atoms with Gasteiger partial charge in [-0.3, -0.25) is 0 Å². The number of methoxy groups -OCH3 is 1. The second-order valence-corrected chi connectivity index (χ2v) is 8.00. The van der Waals surface area contributed by atoms with Crippen LogP contribution in [0.4, 0.5) is 0 Å². The van der Waals surface area contributed by atoms with Gasteiger partial charge in [-0.2, -0.15) is 0 Å². The Morgan fingerprint density at radius 2 is 2.09 bits per heavy atom. The maximum absolute atomic E-state index is 5.62. The van der Waals surface area contributed by atoms with Crippen molar-refractivity contribution in [1.82, 2.24) is 0 Å². The molecule has 0 N–H and O–H groups in total. The lowest BCUT2D eigenvalue weighted by Crippen LogP contribution is -2.39. The van der Waals surface area contributed by atoms with Crippen LogP contribution in [0.15, 0.2) is 18.7 Å². The largest absolute Gasteiger partial charge is 0.496 e. The molecule has 0 bridgehead atoms. The zero-order chi connectivity index (χ0) is 15.3. The molecule has 3 aliphatic carbocycles. The fraction of sp³-hybridized carbons (Fsp3) is 0.619. The van der Waals surface area contributed by atoms with Gasteiger partial charge in [0, 0.05) is 5.56 Å². The van der Waals surface area contributed by atoms with Gasteiger partial charge < -0.3 is 4.74 Å². The number of rotatable bonds is 2. The average Bonchev–Trinajstić information content (AvgIpc) is 2.94. The third-order valence-corrected chi connectivity index (χ3v) is 7.08. The van der Waals surface area contributed by atoms with Crippen LogP contribution in [0.25, 0.3) is 6.08 Å². The van der Waals surface area contributed by atoms with Crippen molar-refractivity contribution in [3.8, 4) is 5.75 Å². The standard InChI is InChI=1S/C21H28O/c1-4-14-12-15-7-8-17-16(18(15)13-20(14)22-3)9-11-21(2)10-5-6-19(17)21/h4,12-13,16-17,19H,1,5-11H2,2-3H3/t16?,17?,19?,21-/m0/s1. The summed E-state index contributed by atoms with van der Waals surface area (Å²) in [6, 6.07) is 4.67. The number of benzene rings is 1. The molecule has 1 aromatic rings. The SMILES string of the molecule is C=Cc1cc2c(cc1OC)C1CC[C@]3(C)CCCC3C1CC2. The van der Waals surface area contributed by atoms with Crippen LogP contribution in [0.2, 0.25) is 0 Å². The summed E-state index contributed by atoms with van der Waals surface area (Å²) in [5, 5.41) is 0. The van der Waals surface area contributed by atoms with Crippen LogP contribution in [0.3, 0.4) is 0 Å². The van der Waals surface area contributed by atoms with Gasteiger partial charge in [0.15, 0.2) is 0 Å². The lowest BCUT2D eigenvalue weighted by molar-refractivity contribution is 0.0598. The topological polar surface area (TPSA) is 9.23 Å². The Hall–Kier alpha value is -1.24. The summed E-state index contributed by atoms with van der Waals surface area (Å²) >= 11 is 0. The molecule has 118 valence electrons. The maximum atomic E-state index is 5.62. The predicted molar refractivity (Wildman–Crippen MR) is 92.3 cm³/mol. The molecule has 0 heterocycles. The van der Waals surface area contributed by atoms with E-state index in [4.69, 9.17) is 4.74 Å². The highest BCUT2D eigenvalue weighted by Gasteiger charge is 2.50. The van der Waals surface area contributed by atoms with E-state index < -0.39 is 0 Å². The van der Waals surface area contributed by atoms with E-state index >= 15 is 0 Å². The van der Waals surface area contributed by atoms with Crippen LogP contribution in [0.1, 0.15) is 68.1 Å². The Morgan fingerprint density at radius 3 is 2.86 bits per heavy atom. The van der Waals surface area contributed by atoms with Crippen LogP contribution in [0.5, 0.6) is 5.75 Å². The second kappa shape index (κ2) is 5.15. The minimum atomic E-state index is 0.643. The van der Waals surface area contributed by atoms with Gasteiger partial charge in [-0.15, -0.1) is 0 Å². The molecule has 3 unspecified atom stereocenters. The molecular weight excluding hydrogens is 268 g/mol. The number of hydrogen-bond donors (Lipinski definition) is 0. The summed E-state index contributed by atoms with van der Waals surface area (Å²) in [5.74, 6) is 3.65. The average molecular weight is 296 g/mol. The van der Waals surface area contributed by atoms with E-state index in [1.807, 2.05) is 6.08 Å². The molecule has 0 aromatic heterocycles. The summed E-state index contributed by atoms with van der Waals surface area (Å²) in [6.07, 6.45) is 11.7. The molecule has 1 aromatic carbocycles. The number of ether oxygens (including phenoxy) is 1. The normalized spacial score (nSPS) is 36.2. The van der Waals surface area contributed by atoms with Crippen molar-refractivity contribution in [3.63, 3.8) is 0 Å². The molecule has 0 radical (unpaired) electrons. The number of aryl methyl sites for hydroxylation is 1. The van der Waals surface area contributed by atoms with E-state index in [1.165, 1.54) is 44.9 Å². The fourth-order valence-electron chi connectivity index (χ4n) is 5.95. The third-order valence-electron chi connectivity index (χ3n) is 7.08. The van der Waals surface area contributed by atoms with Crippen molar-refractivity contribution in [2.45, 2.75) is 57.8 Å². The van der Waals surface area contributed by atoms with Gasteiger partial charge in [0.2, 0.25) is 0 Å². The Morgan fingerprint density at radius 1 is 1.23 bits per heavy atom. The molecule has 0 saturated heterocycles. The molecule has 1 heteroatoms. The van der Waals surface area contributed by atoms with Crippen LogP contribution in [-0.4, -0.2) is 7.11 Å². The molecule has 2 fully saturated rings. The van der Waals surface area contributed by atoms with Crippen molar-refractivity contribution in [2.75, 3.05) is 7.11 Å². The van der Waals surface area contributed by atoms with Crippen LogP contribution < -0.4 is 4.74 Å². The first kappa shape index (κ1) is 14.4. The quantitative estimate of drug-likeness (QED) is 0.691. The van der Waals surface area contributed by atoms with Crippen molar-refractivity contribution in [3.05, 3.63) is 35.4 Å². The Kier molecular flexibility index (Phi) is 3.36. The number of fused-ring (bicyclic) bond motifs is 5.